The molecule has 0 bridgehead atoms. The maximum Gasteiger partial charge on any atom is 0.434 e. The van der Waals surface area contributed by atoms with Gasteiger partial charge in [0.05, 0.1) is 12.3 Å². The first kappa shape index (κ1) is 10.9. The van der Waals surface area contributed by atoms with Gasteiger partial charge in [0.25, 0.3) is 0 Å². The van der Waals surface area contributed by atoms with Crippen molar-refractivity contribution in [2.24, 2.45) is 0 Å². The normalized spacial score (nSPS) is 15.9. The van der Waals surface area contributed by atoms with Crippen LogP contribution in [0.5, 0.6) is 5.75 Å². The zero-order valence-corrected chi connectivity index (χ0v) is 8.12. The summed E-state index contributed by atoms with van der Waals surface area (Å²) in [6.07, 6.45) is -1.66. The minimum absolute atomic E-state index is 0.0537. The smallest absolute Gasteiger partial charge is 0.434 e. The molecule has 6 heteroatoms. The van der Waals surface area contributed by atoms with Crippen LogP contribution < -0.4 is 4.74 Å². The molecule has 1 aliphatic carbocycles. The van der Waals surface area contributed by atoms with Gasteiger partial charge in [-0.05, 0) is 18.9 Å². The van der Waals surface area contributed by atoms with Gasteiger partial charge in [-0.2, -0.15) is 13.2 Å². The van der Waals surface area contributed by atoms with Gasteiger partial charge in [-0.15, -0.1) is 0 Å². The molecule has 0 radical (unpaired) electrons. The van der Waals surface area contributed by atoms with E-state index in [2.05, 4.69) is 4.98 Å². The summed E-state index contributed by atoms with van der Waals surface area (Å²) in [4.78, 5) is 13.8. The van der Waals surface area contributed by atoms with Crippen molar-refractivity contribution in [3.8, 4) is 5.75 Å². The van der Waals surface area contributed by atoms with E-state index in [0.717, 1.165) is 25.1 Å². The van der Waals surface area contributed by atoms with Crippen LogP contribution >= 0.6 is 0 Å². The number of nitrogens with zero attached hydrogens (tertiary/aromatic N) is 1. The molecule has 1 aliphatic rings. The molecule has 1 aromatic heterocycles. The number of hydrogen-bond donors (Lipinski definition) is 0. The zero-order valence-electron chi connectivity index (χ0n) is 8.12. The molecule has 0 aromatic carbocycles. The Kier molecular flexibility index (Phi) is 2.57. The quantitative estimate of drug-likeness (QED) is 0.750. The number of halogens is 3. The summed E-state index contributed by atoms with van der Waals surface area (Å²) in [5.41, 5.74) is -1.67. The van der Waals surface area contributed by atoms with E-state index in [1.165, 1.54) is 0 Å². The molecule has 0 atom stereocenters. The molecule has 1 aromatic rings. The highest BCUT2D eigenvalue weighted by atomic mass is 19.4. The van der Waals surface area contributed by atoms with Crippen molar-refractivity contribution in [2.75, 3.05) is 0 Å². The lowest BCUT2D eigenvalue weighted by Crippen LogP contribution is -2.12. The highest BCUT2D eigenvalue weighted by Gasteiger charge is 2.35. The second-order valence-electron chi connectivity index (χ2n) is 3.54. The number of pyridine rings is 1. The third-order valence-electron chi connectivity index (χ3n) is 2.11. The van der Waals surface area contributed by atoms with E-state index in [0.29, 0.717) is 0 Å². The van der Waals surface area contributed by atoms with Gasteiger partial charge < -0.3 is 4.74 Å². The number of hydrogen-bond acceptors (Lipinski definition) is 3. The van der Waals surface area contributed by atoms with E-state index < -0.39 is 17.4 Å². The second-order valence-corrected chi connectivity index (χ2v) is 3.54. The number of alkyl halides is 3. The van der Waals surface area contributed by atoms with Crippen molar-refractivity contribution in [3.05, 3.63) is 23.5 Å². The average molecular weight is 231 g/mol. The predicted octanol–water partition coefficient (Wildman–Crippen LogP) is 2.45. The van der Waals surface area contributed by atoms with Gasteiger partial charge in [0.2, 0.25) is 0 Å². The standard InChI is InChI=1S/C10H8F3NO2/c11-10(12,13)9-6(5-15)3-8(4-14-9)16-7-1-2-7/h3-5,7H,1-2H2. The van der Waals surface area contributed by atoms with E-state index in [-0.39, 0.29) is 18.1 Å². The minimum Gasteiger partial charge on any atom is -0.489 e. The number of aromatic nitrogens is 1. The van der Waals surface area contributed by atoms with Crippen molar-refractivity contribution >= 4 is 6.29 Å². The molecular weight excluding hydrogens is 223 g/mol. The molecule has 0 unspecified atom stereocenters. The molecule has 0 N–H and O–H groups in total. The molecule has 1 saturated carbocycles. The molecule has 0 spiro atoms. The van der Waals surface area contributed by atoms with Crippen LogP contribution in [0.3, 0.4) is 0 Å². The first-order chi connectivity index (χ1) is 7.50. The number of ether oxygens (including phenoxy) is 1. The zero-order chi connectivity index (χ0) is 11.8. The van der Waals surface area contributed by atoms with Gasteiger partial charge >= 0.3 is 6.18 Å². The molecule has 2 rings (SSSR count). The van der Waals surface area contributed by atoms with Gasteiger partial charge in [-0.3, -0.25) is 4.79 Å². The summed E-state index contributed by atoms with van der Waals surface area (Å²) in [5.74, 6) is 0.206. The fraction of sp³-hybridized carbons (Fsp3) is 0.400. The van der Waals surface area contributed by atoms with Crippen molar-refractivity contribution in [3.63, 3.8) is 0 Å². The Bertz CT molecular complexity index is 413. The van der Waals surface area contributed by atoms with Gasteiger partial charge in [0.1, 0.15) is 5.75 Å². The van der Waals surface area contributed by atoms with E-state index in [9.17, 15) is 18.0 Å². The van der Waals surface area contributed by atoms with Crippen molar-refractivity contribution < 1.29 is 22.7 Å². The molecule has 1 heterocycles. The monoisotopic (exact) mass is 231 g/mol. The maximum absolute atomic E-state index is 12.4. The molecule has 3 nitrogen and oxygen atoms in total. The molecule has 0 aliphatic heterocycles. The summed E-state index contributed by atoms with van der Waals surface area (Å²) in [6, 6.07) is 1.07. The topological polar surface area (TPSA) is 39.2 Å². The van der Waals surface area contributed by atoms with Crippen LogP contribution in [0.2, 0.25) is 0 Å². The Hall–Kier alpha value is -1.59. The average Bonchev–Trinajstić information content (AvgIpc) is 3.00. The fourth-order valence-electron chi connectivity index (χ4n) is 1.23. The van der Waals surface area contributed by atoms with E-state index in [1.54, 1.807) is 0 Å². The second kappa shape index (κ2) is 3.77. The molecular formula is C10H8F3NO2. The first-order valence-electron chi connectivity index (χ1n) is 4.70. The molecule has 1 fully saturated rings. The van der Waals surface area contributed by atoms with Crippen LogP contribution in [0.25, 0.3) is 0 Å². The van der Waals surface area contributed by atoms with E-state index in [4.69, 9.17) is 4.74 Å². The third-order valence-corrected chi connectivity index (χ3v) is 2.11. The Morgan fingerprint density at radius 1 is 1.44 bits per heavy atom. The summed E-state index contributed by atoms with van der Waals surface area (Å²) in [7, 11) is 0. The van der Waals surface area contributed by atoms with Crippen molar-refractivity contribution in [1.29, 1.82) is 0 Å². The lowest BCUT2D eigenvalue weighted by molar-refractivity contribution is -0.141. The number of carbonyl (C=O) groups is 1. The van der Waals surface area contributed by atoms with Crippen LogP contribution in [0, 0.1) is 0 Å². The Balaban J connectivity index is 2.30. The molecule has 86 valence electrons. The first-order valence-corrected chi connectivity index (χ1v) is 4.70. The lowest BCUT2D eigenvalue weighted by atomic mass is 10.2. The SMILES string of the molecule is O=Cc1cc(OC2CC2)cnc1C(F)(F)F. The maximum atomic E-state index is 12.4. The predicted molar refractivity (Wildman–Crippen MR) is 48.3 cm³/mol. The Morgan fingerprint density at radius 3 is 2.62 bits per heavy atom. The minimum atomic E-state index is -4.62. The third kappa shape index (κ3) is 2.32. The number of carbonyl (C=O) groups excluding carboxylic acids is 1. The van der Waals surface area contributed by atoms with Crippen LogP contribution in [0.4, 0.5) is 13.2 Å². The fourth-order valence-corrected chi connectivity index (χ4v) is 1.23. The highest BCUT2D eigenvalue weighted by molar-refractivity contribution is 5.77. The Morgan fingerprint density at radius 2 is 2.12 bits per heavy atom. The van der Waals surface area contributed by atoms with E-state index in [1.807, 2.05) is 0 Å². The van der Waals surface area contributed by atoms with Crippen LogP contribution in [-0.2, 0) is 6.18 Å². The summed E-state index contributed by atoms with van der Waals surface area (Å²) in [6.45, 7) is 0. The summed E-state index contributed by atoms with van der Waals surface area (Å²) < 4.78 is 42.4. The largest absolute Gasteiger partial charge is 0.489 e. The van der Waals surface area contributed by atoms with Crippen molar-refractivity contribution in [2.45, 2.75) is 25.1 Å². The summed E-state index contributed by atoms with van der Waals surface area (Å²) >= 11 is 0. The van der Waals surface area contributed by atoms with Gasteiger partial charge in [-0.25, -0.2) is 4.98 Å². The molecule has 0 saturated heterocycles. The van der Waals surface area contributed by atoms with E-state index >= 15 is 0 Å². The van der Waals surface area contributed by atoms with Gasteiger partial charge in [0.15, 0.2) is 12.0 Å². The highest BCUT2D eigenvalue weighted by Crippen LogP contribution is 2.32. The van der Waals surface area contributed by atoms with Crippen LogP contribution in [-0.4, -0.2) is 17.4 Å². The van der Waals surface area contributed by atoms with Crippen LogP contribution in [0.1, 0.15) is 28.9 Å². The number of rotatable bonds is 3. The lowest BCUT2D eigenvalue weighted by Gasteiger charge is -2.10. The molecule has 16 heavy (non-hydrogen) atoms. The van der Waals surface area contributed by atoms with Gasteiger partial charge in [-0.1, -0.05) is 0 Å². The number of aldehydes is 1. The molecule has 0 amide bonds. The summed E-state index contributed by atoms with van der Waals surface area (Å²) in [5, 5.41) is 0. The Labute approximate surface area is 89.2 Å². The van der Waals surface area contributed by atoms with Gasteiger partial charge in [0, 0.05) is 5.56 Å². The van der Waals surface area contributed by atoms with Crippen molar-refractivity contribution in [1.82, 2.24) is 4.98 Å². The van der Waals surface area contributed by atoms with Crippen LogP contribution in [0.15, 0.2) is 12.3 Å².